The van der Waals surface area contributed by atoms with Gasteiger partial charge in [-0.3, -0.25) is 4.79 Å². The first kappa shape index (κ1) is 14.9. The molecule has 1 heterocycles. The van der Waals surface area contributed by atoms with Crippen molar-refractivity contribution in [3.8, 4) is 0 Å². The van der Waals surface area contributed by atoms with Crippen LogP contribution < -0.4 is 10.6 Å². The van der Waals surface area contributed by atoms with Crippen LogP contribution >= 0.6 is 0 Å². The van der Waals surface area contributed by atoms with Crippen molar-refractivity contribution in [3.63, 3.8) is 0 Å². The molecule has 0 aromatic carbocycles. The maximum atomic E-state index is 11.8. The summed E-state index contributed by atoms with van der Waals surface area (Å²) < 4.78 is 4.37. The lowest BCUT2D eigenvalue weighted by molar-refractivity contribution is -0.150. The van der Waals surface area contributed by atoms with E-state index in [0.29, 0.717) is 5.92 Å². The Morgan fingerprint density at radius 1 is 1.56 bits per heavy atom. The van der Waals surface area contributed by atoms with Gasteiger partial charge in [0.2, 0.25) is 5.91 Å². The number of carbonyl (C=O) groups is 2. The Morgan fingerprint density at radius 3 is 2.89 bits per heavy atom. The number of aliphatic hydroxyl groups is 1. The molecule has 0 spiro atoms. The van der Waals surface area contributed by atoms with Crippen molar-refractivity contribution < 1.29 is 19.4 Å². The molecule has 0 radical (unpaired) electrons. The Bertz CT molecular complexity index is 296. The smallest absolute Gasteiger partial charge is 0.336 e. The van der Waals surface area contributed by atoms with E-state index >= 15 is 0 Å². The molecule has 1 fully saturated rings. The van der Waals surface area contributed by atoms with Crippen LogP contribution in [0.5, 0.6) is 0 Å². The van der Waals surface area contributed by atoms with Crippen molar-refractivity contribution in [2.24, 2.45) is 5.92 Å². The molecule has 0 aromatic heterocycles. The Labute approximate surface area is 107 Å². The van der Waals surface area contributed by atoms with Crippen LogP contribution in [-0.4, -0.2) is 49.3 Å². The maximum absolute atomic E-state index is 11.8. The Hall–Kier alpha value is -1.14. The normalized spacial score (nSPS) is 25.3. The van der Waals surface area contributed by atoms with E-state index in [1.54, 1.807) is 0 Å². The minimum absolute atomic E-state index is 0.111. The van der Waals surface area contributed by atoms with Gasteiger partial charge in [-0.15, -0.1) is 0 Å². The molecule has 104 valence electrons. The molecule has 3 unspecified atom stereocenters. The van der Waals surface area contributed by atoms with Crippen LogP contribution in [-0.2, 0) is 14.3 Å². The summed E-state index contributed by atoms with van der Waals surface area (Å²) in [5.41, 5.74) is 0. The maximum Gasteiger partial charge on any atom is 0.336 e. The van der Waals surface area contributed by atoms with Crippen LogP contribution in [0.4, 0.5) is 0 Å². The number of aliphatic hydroxyl groups excluding tert-OH is 1. The molecule has 0 aliphatic carbocycles. The van der Waals surface area contributed by atoms with E-state index in [9.17, 15) is 14.7 Å². The average Bonchev–Trinajstić information content (AvgIpc) is 2.43. The molecule has 1 aliphatic heterocycles. The van der Waals surface area contributed by atoms with E-state index in [4.69, 9.17) is 0 Å². The average molecular weight is 258 g/mol. The number of piperidine rings is 1. The number of ether oxygens (including phenoxy) is 1. The molecule has 1 aliphatic rings. The first-order chi connectivity index (χ1) is 8.58. The van der Waals surface area contributed by atoms with Crippen molar-refractivity contribution >= 4 is 11.9 Å². The lowest BCUT2D eigenvalue weighted by atomic mass is 9.90. The fraction of sp³-hybridized carbons (Fsp3) is 0.833. The molecule has 0 aromatic rings. The minimum Gasteiger partial charge on any atom is -0.467 e. The van der Waals surface area contributed by atoms with Gasteiger partial charge in [-0.1, -0.05) is 13.3 Å². The molecule has 6 nitrogen and oxygen atoms in total. The first-order valence-corrected chi connectivity index (χ1v) is 6.35. The monoisotopic (exact) mass is 258 g/mol. The van der Waals surface area contributed by atoms with Gasteiger partial charge in [0.05, 0.1) is 19.7 Å². The van der Waals surface area contributed by atoms with E-state index in [0.717, 1.165) is 25.8 Å². The molecule has 0 bridgehead atoms. The number of amides is 1. The topological polar surface area (TPSA) is 87.7 Å². The van der Waals surface area contributed by atoms with E-state index in [2.05, 4.69) is 22.3 Å². The fourth-order valence-electron chi connectivity index (χ4n) is 2.11. The molecule has 3 atom stereocenters. The lowest BCUT2D eigenvalue weighted by Gasteiger charge is -2.29. The van der Waals surface area contributed by atoms with Crippen molar-refractivity contribution in [1.82, 2.24) is 10.6 Å². The number of hydrogen-bond donors (Lipinski definition) is 3. The van der Waals surface area contributed by atoms with Gasteiger partial charge in [0.15, 0.2) is 6.10 Å². The fourth-order valence-corrected chi connectivity index (χ4v) is 2.11. The first-order valence-electron chi connectivity index (χ1n) is 6.35. The molecule has 1 rings (SSSR count). The SMILES string of the molecule is CCC1CCNC(C(=O)NCC(O)C(=O)OC)C1. The third-order valence-corrected chi connectivity index (χ3v) is 3.35. The zero-order valence-electron chi connectivity index (χ0n) is 10.9. The van der Waals surface area contributed by atoms with Gasteiger partial charge in [-0.2, -0.15) is 0 Å². The lowest BCUT2D eigenvalue weighted by Crippen LogP contribution is -2.50. The predicted molar refractivity (Wildman–Crippen MR) is 65.8 cm³/mol. The second-order valence-corrected chi connectivity index (χ2v) is 4.59. The molecule has 3 N–H and O–H groups in total. The van der Waals surface area contributed by atoms with Gasteiger partial charge >= 0.3 is 5.97 Å². The number of hydrogen-bond acceptors (Lipinski definition) is 5. The van der Waals surface area contributed by atoms with Gasteiger partial charge in [-0.05, 0) is 25.3 Å². The predicted octanol–water partition coefficient (Wildman–Crippen LogP) is -0.585. The third kappa shape index (κ3) is 4.27. The van der Waals surface area contributed by atoms with Crippen LogP contribution in [0.25, 0.3) is 0 Å². The molecular weight excluding hydrogens is 236 g/mol. The highest BCUT2D eigenvalue weighted by Gasteiger charge is 2.26. The number of methoxy groups -OCH3 is 1. The Morgan fingerprint density at radius 2 is 2.28 bits per heavy atom. The van der Waals surface area contributed by atoms with Crippen LogP contribution in [0.3, 0.4) is 0 Å². The summed E-state index contributed by atoms with van der Waals surface area (Å²) in [5.74, 6) is -0.345. The number of nitrogens with one attached hydrogen (secondary N) is 2. The van der Waals surface area contributed by atoms with E-state index in [-0.39, 0.29) is 18.5 Å². The molecule has 1 amide bonds. The summed E-state index contributed by atoms with van der Waals surface area (Å²) in [6.07, 6.45) is 1.65. The molecule has 0 saturated carbocycles. The van der Waals surface area contributed by atoms with Crippen LogP contribution in [0.2, 0.25) is 0 Å². The highest BCUT2D eigenvalue weighted by atomic mass is 16.5. The zero-order valence-corrected chi connectivity index (χ0v) is 10.9. The summed E-state index contributed by atoms with van der Waals surface area (Å²) in [5, 5.41) is 15.1. The zero-order chi connectivity index (χ0) is 13.5. The van der Waals surface area contributed by atoms with E-state index in [1.165, 1.54) is 7.11 Å². The Kier molecular flexibility index (Phi) is 6.07. The third-order valence-electron chi connectivity index (χ3n) is 3.35. The highest BCUT2D eigenvalue weighted by Crippen LogP contribution is 2.19. The van der Waals surface area contributed by atoms with Crippen molar-refractivity contribution in [1.29, 1.82) is 0 Å². The summed E-state index contributed by atoms with van der Waals surface area (Å²) in [4.78, 5) is 22.8. The van der Waals surface area contributed by atoms with Crippen molar-refractivity contribution in [2.45, 2.75) is 38.3 Å². The van der Waals surface area contributed by atoms with Crippen LogP contribution in [0, 0.1) is 5.92 Å². The molecule has 6 heteroatoms. The highest BCUT2D eigenvalue weighted by molar-refractivity contribution is 5.83. The minimum atomic E-state index is -1.30. The number of carbonyl (C=O) groups excluding carboxylic acids is 2. The summed E-state index contributed by atoms with van der Waals surface area (Å²) in [6.45, 7) is 2.84. The summed E-state index contributed by atoms with van der Waals surface area (Å²) in [7, 11) is 1.20. The molecule has 18 heavy (non-hydrogen) atoms. The standard InChI is InChI=1S/C12H22N2O4/c1-3-8-4-5-13-9(6-8)11(16)14-7-10(15)12(17)18-2/h8-10,13,15H,3-7H2,1-2H3,(H,14,16). The van der Waals surface area contributed by atoms with Crippen molar-refractivity contribution in [3.05, 3.63) is 0 Å². The van der Waals surface area contributed by atoms with E-state index in [1.807, 2.05) is 0 Å². The second-order valence-electron chi connectivity index (χ2n) is 4.59. The number of esters is 1. The quantitative estimate of drug-likeness (QED) is 0.574. The Balaban J connectivity index is 2.34. The van der Waals surface area contributed by atoms with Gasteiger partial charge in [0, 0.05) is 0 Å². The van der Waals surface area contributed by atoms with Crippen molar-refractivity contribution in [2.75, 3.05) is 20.2 Å². The molecule has 1 saturated heterocycles. The van der Waals surface area contributed by atoms with E-state index < -0.39 is 12.1 Å². The largest absolute Gasteiger partial charge is 0.467 e. The van der Waals surface area contributed by atoms with Gasteiger partial charge in [-0.25, -0.2) is 4.79 Å². The number of rotatable bonds is 5. The van der Waals surface area contributed by atoms with Crippen LogP contribution in [0.15, 0.2) is 0 Å². The van der Waals surface area contributed by atoms with Gasteiger partial charge in [0.1, 0.15) is 0 Å². The summed E-state index contributed by atoms with van der Waals surface area (Å²) in [6, 6.07) is -0.228. The van der Waals surface area contributed by atoms with Crippen LogP contribution in [0.1, 0.15) is 26.2 Å². The molecular formula is C12H22N2O4. The van der Waals surface area contributed by atoms with Gasteiger partial charge < -0.3 is 20.5 Å². The van der Waals surface area contributed by atoms with Gasteiger partial charge in [0.25, 0.3) is 0 Å². The summed E-state index contributed by atoms with van der Waals surface area (Å²) >= 11 is 0. The second kappa shape index (κ2) is 7.33.